The molecule has 6 heteroatoms. The van der Waals surface area contributed by atoms with Crippen molar-refractivity contribution in [1.82, 2.24) is 0 Å². The maximum absolute atomic E-state index is 10.6. The Morgan fingerprint density at radius 1 is 1.38 bits per heavy atom. The largest absolute Gasteiger partial charge is 0.755 e. The summed E-state index contributed by atoms with van der Waals surface area (Å²) in [5, 5.41) is 0. The highest BCUT2D eigenvalue weighted by molar-refractivity contribution is 7.80. The molecule has 1 aromatic carbocycles. The molecule has 0 saturated carbocycles. The van der Waals surface area contributed by atoms with Crippen molar-refractivity contribution in [2.24, 2.45) is 0 Å². The second kappa shape index (κ2) is 5.53. The van der Waals surface area contributed by atoms with Crippen LogP contribution in [0, 0.1) is 0 Å². The number of nitrogens with one attached hydrogen (secondary N) is 1. The number of rotatable bonds is 5. The first-order chi connectivity index (χ1) is 7.62. The van der Waals surface area contributed by atoms with Crippen molar-refractivity contribution in [3.63, 3.8) is 0 Å². The predicted octanol–water partition coefficient (Wildman–Crippen LogP) is 1.55. The van der Waals surface area contributed by atoms with Gasteiger partial charge in [0, 0.05) is 22.9 Å². The van der Waals surface area contributed by atoms with Crippen LogP contribution in [0.3, 0.4) is 0 Å². The summed E-state index contributed by atoms with van der Waals surface area (Å²) in [5.74, 6) is 0.920. The van der Waals surface area contributed by atoms with E-state index in [1.807, 2.05) is 0 Å². The lowest BCUT2D eigenvalue weighted by atomic mass is 10.1. The van der Waals surface area contributed by atoms with E-state index in [0.717, 1.165) is 5.56 Å². The molecule has 0 aliphatic carbocycles. The molecule has 1 N–H and O–H groups in total. The summed E-state index contributed by atoms with van der Waals surface area (Å²) in [6, 6.07) is 3.17. The van der Waals surface area contributed by atoms with Gasteiger partial charge in [-0.1, -0.05) is 12.7 Å². The third kappa shape index (κ3) is 2.74. The number of hydrogen-bond donors (Lipinski definition) is 1. The molecule has 1 atom stereocenters. The van der Waals surface area contributed by atoms with E-state index in [2.05, 4.69) is 11.3 Å². The lowest BCUT2D eigenvalue weighted by molar-refractivity contribution is 0.404. The summed E-state index contributed by atoms with van der Waals surface area (Å²) in [6.45, 7) is 3.63. The lowest BCUT2D eigenvalue weighted by Gasteiger charge is -2.15. The second-order valence-corrected chi connectivity index (χ2v) is 3.51. The molecule has 0 bridgehead atoms. The Morgan fingerprint density at radius 3 is 2.44 bits per heavy atom. The van der Waals surface area contributed by atoms with Crippen molar-refractivity contribution in [3.05, 3.63) is 24.3 Å². The minimum atomic E-state index is -2.41. The van der Waals surface area contributed by atoms with Crippen LogP contribution in [-0.2, 0) is 11.3 Å². The Morgan fingerprint density at radius 2 is 2.00 bits per heavy atom. The topological polar surface area (TPSA) is 70.6 Å². The highest BCUT2D eigenvalue weighted by atomic mass is 32.2. The number of anilines is 1. The average Bonchev–Trinajstić information content (AvgIpc) is 2.27. The third-order valence-corrected chi connectivity index (χ3v) is 2.35. The quantitative estimate of drug-likeness (QED) is 0.795. The molecule has 1 aromatic rings. The Kier molecular flexibility index (Phi) is 4.33. The molecule has 0 saturated heterocycles. The fraction of sp³-hybridized carbons (Fsp3) is 0.200. The molecule has 0 fully saturated rings. The first kappa shape index (κ1) is 12.5. The standard InChI is InChI=1S/C10H13NO4S/c1-4-7-5-10(15-3)8(11-16(12)13)6-9(7)14-2/h4-6,11H,1H2,2-3H3,(H,12,13)/p-1. The van der Waals surface area contributed by atoms with Crippen LogP contribution in [0.25, 0.3) is 6.08 Å². The van der Waals surface area contributed by atoms with Crippen molar-refractivity contribution in [3.8, 4) is 11.5 Å². The van der Waals surface area contributed by atoms with Crippen molar-refractivity contribution < 1.29 is 18.2 Å². The zero-order valence-electron chi connectivity index (χ0n) is 8.98. The molecule has 0 aliphatic heterocycles. The van der Waals surface area contributed by atoms with Crippen LogP contribution in [0.4, 0.5) is 5.69 Å². The molecule has 0 spiro atoms. The van der Waals surface area contributed by atoms with E-state index in [0.29, 0.717) is 17.2 Å². The van der Waals surface area contributed by atoms with Gasteiger partial charge in [-0.3, -0.25) is 4.21 Å². The SMILES string of the molecule is C=Cc1cc(OC)c(NS(=O)[O-])cc1OC. The summed E-state index contributed by atoms with van der Waals surface area (Å²) >= 11 is -2.41. The molecule has 0 amide bonds. The summed E-state index contributed by atoms with van der Waals surface area (Å²) in [6.07, 6.45) is 1.60. The number of ether oxygens (including phenoxy) is 2. The van der Waals surface area contributed by atoms with E-state index in [4.69, 9.17) is 9.47 Å². The van der Waals surface area contributed by atoms with Gasteiger partial charge < -0.3 is 18.7 Å². The Balaban J connectivity index is 3.25. The minimum absolute atomic E-state index is 0.318. The van der Waals surface area contributed by atoms with E-state index in [1.165, 1.54) is 20.3 Å². The molecule has 0 heterocycles. The maximum Gasteiger partial charge on any atom is 0.143 e. The van der Waals surface area contributed by atoms with Gasteiger partial charge in [-0.05, 0) is 6.07 Å². The van der Waals surface area contributed by atoms with Crippen LogP contribution < -0.4 is 14.2 Å². The molecule has 88 valence electrons. The highest BCUT2D eigenvalue weighted by Gasteiger charge is 2.09. The number of benzene rings is 1. The zero-order chi connectivity index (χ0) is 12.1. The van der Waals surface area contributed by atoms with Gasteiger partial charge in [0.15, 0.2) is 0 Å². The molecule has 5 nitrogen and oxygen atoms in total. The predicted molar refractivity (Wildman–Crippen MR) is 62.2 cm³/mol. The molecule has 0 radical (unpaired) electrons. The van der Waals surface area contributed by atoms with Gasteiger partial charge in [-0.25, -0.2) is 0 Å². The van der Waals surface area contributed by atoms with Gasteiger partial charge >= 0.3 is 0 Å². The Labute approximate surface area is 96.5 Å². The highest BCUT2D eigenvalue weighted by Crippen LogP contribution is 2.33. The summed E-state index contributed by atoms with van der Waals surface area (Å²) in [4.78, 5) is 0. The average molecular weight is 242 g/mol. The van der Waals surface area contributed by atoms with E-state index >= 15 is 0 Å². The molecule has 0 aliphatic rings. The van der Waals surface area contributed by atoms with Crippen molar-refractivity contribution >= 4 is 23.0 Å². The lowest BCUT2D eigenvalue weighted by Crippen LogP contribution is -2.04. The second-order valence-electron chi connectivity index (χ2n) is 2.84. The Bertz CT molecular complexity index is 420. The Hall–Kier alpha value is -1.53. The smallest absolute Gasteiger partial charge is 0.143 e. The molecular formula is C10H12NO4S-. The molecule has 16 heavy (non-hydrogen) atoms. The number of hydrogen-bond acceptors (Lipinski definition) is 4. The van der Waals surface area contributed by atoms with Crippen LogP contribution in [0.5, 0.6) is 11.5 Å². The molecule has 1 rings (SSSR count). The maximum atomic E-state index is 10.6. The molecular weight excluding hydrogens is 230 g/mol. The van der Waals surface area contributed by atoms with Gasteiger partial charge in [0.05, 0.1) is 19.9 Å². The van der Waals surface area contributed by atoms with Gasteiger partial charge in [-0.2, -0.15) is 0 Å². The minimum Gasteiger partial charge on any atom is -0.755 e. The number of methoxy groups -OCH3 is 2. The van der Waals surface area contributed by atoms with E-state index < -0.39 is 11.3 Å². The van der Waals surface area contributed by atoms with Crippen LogP contribution >= 0.6 is 0 Å². The fourth-order valence-electron chi connectivity index (χ4n) is 1.25. The summed E-state index contributed by atoms with van der Waals surface area (Å²) in [7, 11) is 2.94. The van der Waals surface area contributed by atoms with Crippen LogP contribution in [0.2, 0.25) is 0 Å². The normalized spacial score (nSPS) is 11.7. The van der Waals surface area contributed by atoms with Crippen molar-refractivity contribution in [1.29, 1.82) is 0 Å². The van der Waals surface area contributed by atoms with Gasteiger partial charge in [0.25, 0.3) is 0 Å². The molecule has 1 unspecified atom stereocenters. The van der Waals surface area contributed by atoms with Crippen LogP contribution in [0.15, 0.2) is 18.7 Å². The van der Waals surface area contributed by atoms with E-state index in [9.17, 15) is 8.76 Å². The van der Waals surface area contributed by atoms with Crippen molar-refractivity contribution in [2.45, 2.75) is 0 Å². The summed E-state index contributed by atoms with van der Waals surface area (Å²) < 4.78 is 33.5. The van der Waals surface area contributed by atoms with E-state index in [1.54, 1.807) is 12.1 Å². The fourth-order valence-corrected chi connectivity index (χ4v) is 1.59. The van der Waals surface area contributed by atoms with E-state index in [-0.39, 0.29) is 0 Å². The van der Waals surface area contributed by atoms with Crippen LogP contribution in [0.1, 0.15) is 5.56 Å². The monoisotopic (exact) mass is 242 g/mol. The first-order valence-corrected chi connectivity index (χ1v) is 5.44. The molecule has 0 aromatic heterocycles. The first-order valence-electron chi connectivity index (χ1n) is 4.36. The zero-order valence-corrected chi connectivity index (χ0v) is 9.80. The van der Waals surface area contributed by atoms with Gasteiger partial charge in [0.2, 0.25) is 0 Å². The summed E-state index contributed by atoms with van der Waals surface area (Å²) in [5.41, 5.74) is 1.04. The van der Waals surface area contributed by atoms with Gasteiger partial charge in [-0.15, -0.1) is 0 Å². The van der Waals surface area contributed by atoms with Crippen LogP contribution in [-0.4, -0.2) is 23.0 Å². The van der Waals surface area contributed by atoms with Gasteiger partial charge in [0.1, 0.15) is 11.5 Å². The van der Waals surface area contributed by atoms with Crippen molar-refractivity contribution in [2.75, 3.05) is 18.9 Å². The third-order valence-electron chi connectivity index (χ3n) is 1.97.